The van der Waals surface area contributed by atoms with E-state index in [-0.39, 0.29) is 5.54 Å². The van der Waals surface area contributed by atoms with Gasteiger partial charge in [0.2, 0.25) is 0 Å². The van der Waals surface area contributed by atoms with Gasteiger partial charge in [0, 0.05) is 41.3 Å². The third kappa shape index (κ3) is 7.07. The largest absolute Gasteiger partial charge is 0.496 e. The molecule has 1 unspecified atom stereocenters. The first-order chi connectivity index (χ1) is 9.85. The Hall–Kier alpha value is -0.910. The smallest absolute Gasteiger partial charge is 0.123 e. The van der Waals surface area contributed by atoms with E-state index in [4.69, 9.17) is 9.47 Å². The zero-order chi connectivity index (χ0) is 15.9. The van der Waals surface area contributed by atoms with Crippen LogP contribution in [-0.4, -0.2) is 36.3 Å². The molecule has 1 atom stereocenters. The molecule has 21 heavy (non-hydrogen) atoms. The molecule has 0 bridgehead atoms. The van der Waals surface area contributed by atoms with Crippen molar-refractivity contribution in [3.8, 4) is 5.75 Å². The number of nitrogens with one attached hydrogen (secondary N) is 1. The van der Waals surface area contributed by atoms with E-state index in [9.17, 15) is 4.21 Å². The summed E-state index contributed by atoms with van der Waals surface area (Å²) >= 11 is 0. The summed E-state index contributed by atoms with van der Waals surface area (Å²) in [6.45, 7) is 7.71. The molecular weight excluding hydrogens is 286 g/mol. The predicted molar refractivity (Wildman–Crippen MR) is 88.2 cm³/mol. The third-order valence-corrected chi connectivity index (χ3v) is 4.25. The van der Waals surface area contributed by atoms with Crippen LogP contribution in [0.1, 0.15) is 31.9 Å². The molecule has 1 aromatic rings. The van der Waals surface area contributed by atoms with Gasteiger partial charge in [0.1, 0.15) is 5.75 Å². The van der Waals surface area contributed by atoms with Gasteiger partial charge in [0.25, 0.3) is 0 Å². The predicted octanol–water partition coefficient (Wildman–Crippen LogP) is 2.48. The molecule has 120 valence electrons. The van der Waals surface area contributed by atoms with Crippen LogP contribution in [0.15, 0.2) is 18.2 Å². The molecule has 4 nitrogen and oxygen atoms in total. The Morgan fingerprint density at radius 1 is 1.24 bits per heavy atom. The molecule has 5 heteroatoms. The Labute approximate surface area is 130 Å². The summed E-state index contributed by atoms with van der Waals surface area (Å²) < 4.78 is 22.4. The summed E-state index contributed by atoms with van der Waals surface area (Å²) in [7, 11) is 2.33. The average molecular weight is 313 g/mol. The standard InChI is InChI=1S/C16H27NO3S/c1-16(2,3)17-11-13-6-7-15(20-5)14(10-13)12-21(18)9-8-19-4/h6-7,10,17H,8-9,11-12H2,1-5H3. The van der Waals surface area contributed by atoms with Crippen molar-refractivity contribution in [2.75, 3.05) is 26.6 Å². The second-order valence-corrected chi connectivity index (χ2v) is 7.61. The molecule has 0 amide bonds. The van der Waals surface area contributed by atoms with E-state index in [1.165, 1.54) is 5.56 Å². The lowest BCUT2D eigenvalue weighted by molar-refractivity contribution is 0.218. The van der Waals surface area contributed by atoms with Crippen molar-refractivity contribution < 1.29 is 13.7 Å². The first-order valence-corrected chi connectivity index (χ1v) is 8.59. The first-order valence-electron chi connectivity index (χ1n) is 7.10. The number of ether oxygens (including phenoxy) is 2. The van der Waals surface area contributed by atoms with Gasteiger partial charge in [-0.05, 0) is 38.5 Å². The van der Waals surface area contributed by atoms with E-state index in [1.54, 1.807) is 14.2 Å². The van der Waals surface area contributed by atoms with E-state index < -0.39 is 10.8 Å². The van der Waals surface area contributed by atoms with E-state index >= 15 is 0 Å². The lowest BCUT2D eigenvalue weighted by Gasteiger charge is -2.21. The molecular formula is C16H27NO3S. The highest BCUT2D eigenvalue weighted by molar-refractivity contribution is 7.84. The van der Waals surface area contributed by atoms with Gasteiger partial charge < -0.3 is 14.8 Å². The molecule has 0 aromatic heterocycles. The molecule has 0 radical (unpaired) electrons. The van der Waals surface area contributed by atoms with Gasteiger partial charge in [-0.15, -0.1) is 0 Å². The monoisotopic (exact) mass is 313 g/mol. The SMILES string of the molecule is COCCS(=O)Cc1cc(CNC(C)(C)C)ccc1OC. The van der Waals surface area contributed by atoms with Crippen molar-refractivity contribution in [1.82, 2.24) is 5.32 Å². The number of benzene rings is 1. The quantitative estimate of drug-likeness (QED) is 0.801. The maximum Gasteiger partial charge on any atom is 0.123 e. The molecule has 0 aliphatic heterocycles. The third-order valence-electron chi connectivity index (χ3n) is 3.00. The number of hydrogen-bond donors (Lipinski definition) is 1. The molecule has 0 spiro atoms. The molecule has 0 aliphatic rings. The minimum absolute atomic E-state index is 0.0708. The topological polar surface area (TPSA) is 47.6 Å². The van der Waals surface area contributed by atoms with Gasteiger partial charge in [-0.2, -0.15) is 0 Å². The number of hydrogen-bond acceptors (Lipinski definition) is 4. The fourth-order valence-corrected chi connectivity index (χ4v) is 2.91. The first kappa shape index (κ1) is 18.1. The van der Waals surface area contributed by atoms with Crippen LogP contribution in [-0.2, 0) is 27.8 Å². The van der Waals surface area contributed by atoms with E-state index in [0.717, 1.165) is 17.9 Å². The Bertz CT molecular complexity index is 469. The zero-order valence-corrected chi connectivity index (χ0v) is 14.5. The lowest BCUT2D eigenvalue weighted by atomic mass is 10.1. The van der Waals surface area contributed by atoms with Crippen LogP contribution in [0.5, 0.6) is 5.75 Å². The zero-order valence-electron chi connectivity index (χ0n) is 13.7. The Morgan fingerprint density at radius 2 is 1.95 bits per heavy atom. The van der Waals surface area contributed by atoms with Gasteiger partial charge in [-0.3, -0.25) is 4.21 Å². The molecule has 1 aromatic carbocycles. The van der Waals surface area contributed by atoms with Crippen molar-refractivity contribution in [2.24, 2.45) is 0 Å². The fourth-order valence-electron chi connectivity index (χ4n) is 1.84. The lowest BCUT2D eigenvalue weighted by Crippen LogP contribution is -2.35. The molecule has 0 saturated heterocycles. The molecule has 1 N–H and O–H groups in total. The van der Waals surface area contributed by atoms with Crippen LogP contribution >= 0.6 is 0 Å². The van der Waals surface area contributed by atoms with Crippen molar-refractivity contribution in [2.45, 2.75) is 38.6 Å². The van der Waals surface area contributed by atoms with Gasteiger partial charge in [-0.1, -0.05) is 6.07 Å². The maximum atomic E-state index is 12.0. The van der Waals surface area contributed by atoms with E-state index in [2.05, 4.69) is 32.2 Å². The van der Waals surface area contributed by atoms with Crippen molar-refractivity contribution >= 4 is 10.8 Å². The van der Waals surface area contributed by atoms with Crippen LogP contribution in [0.3, 0.4) is 0 Å². The summed E-state index contributed by atoms with van der Waals surface area (Å²) in [5.41, 5.74) is 2.23. The summed E-state index contributed by atoms with van der Waals surface area (Å²) in [5, 5.41) is 3.45. The van der Waals surface area contributed by atoms with Crippen LogP contribution < -0.4 is 10.1 Å². The summed E-state index contributed by atoms with van der Waals surface area (Å²) in [5.74, 6) is 1.83. The molecule has 0 fully saturated rings. The van der Waals surface area contributed by atoms with E-state index in [0.29, 0.717) is 18.1 Å². The van der Waals surface area contributed by atoms with Gasteiger partial charge in [0.05, 0.1) is 19.5 Å². The number of methoxy groups -OCH3 is 2. The molecule has 1 rings (SSSR count). The number of rotatable bonds is 8. The minimum atomic E-state index is -0.937. The van der Waals surface area contributed by atoms with Gasteiger partial charge in [-0.25, -0.2) is 0 Å². The minimum Gasteiger partial charge on any atom is -0.496 e. The normalized spacial score (nSPS) is 13.2. The summed E-state index contributed by atoms with van der Waals surface area (Å²) in [6.07, 6.45) is 0. The van der Waals surface area contributed by atoms with Gasteiger partial charge in [0.15, 0.2) is 0 Å². The summed E-state index contributed by atoms with van der Waals surface area (Å²) in [4.78, 5) is 0. The van der Waals surface area contributed by atoms with E-state index in [1.807, 2.05) is 12.1 Å². The van der Waals surface area contributed by atoms with Crippen LogP contribution in [0, 0.1) is 0 Å². The highest BCUT2D eigenvalue weighted by Crippen LogP contribution is 2.22. The second kappa shape index (κ2) is 8.51. The molecule has 0 aliphatic carbocycles. The Balaban J connectivity index is 2.78. The highest BCUT2D eigenvalue weighted by Gasteiger charge is 2.11. The van der Waals surface area contributed by atoms with Crippen LogP contribution in [0.25, 0.3) is 0 Å². The molecule has 0 saturated carbocycles. The molecule has 0 heterocycles. The van der Waals surface area contributed by atoms with Crippen molar-refractivity contribution in [3.63, 3.8) is 0 Å². The summed E-state index contributed by atoms with van der Waals surface area (Å²) in [6, 6.07) is 6.06. The maximum absolute atomic E-state index is 12.0. The fraction of sp³-hybridized carbons (Fsp3) is 0.625. The van der Waals surface area contributed by atoms with Crippen LogP contribution in [0.4, 0.5) is 0 Å². The second-order valence-electron chi connectivity index (χ2n) is 6.03. The Kier molecular flexibility index (Phi) is 7.35. The van der Waals surface area contributed by atoms with Crippen molar-refractivity contribution in [1.29, 1.82) is 0 Å². The van der Waals surface area contributed by atoms with Crippen LogP contribution in [0.2, 0.25) is 0 Å². The highest BCUT2D eigenvalue weighted by atomic mass is 32.2. The van der Waals surface area contributed by atoms with Crippen molar-refractivity contribution in [3.05, 3.63) is 29.3 Å². The van der Waals surface area contributed by atoms with Gasteiger partial charge >= 0.3 is 0 Å². The average Bonchev–Trinajstić information content (AvgIpc) is 2.42. The Morgan fingerprint density at radius 3 is 2.52 bits per heavy atom.